The fourth-order valence-corrected chi connectivity index (χ4v) is 1.46. The van der Waals surface area contributed by atoms with Crippen molar-refractivity contribution in [3.05, 3.63) is 29.8 Å². The lowest BCUT2D eigenvalue weighted by Crippen LogP contribution is -2.29. The predicted molar refractivity (Wildman–Crippen MR) is 69.1 cm³/mol. The van der Waals surface area contributed by atoms with Crippen LogP contribution >= 0.6 is 0 Å². The monoisotopic (exact) mass is 236 g/mol. The van der Waals surface area contributed by atoms with Gasteiger partial charge in [-0.05, 0) is 23.6 Å². The summed E-state index contributed by atoms with van der Waals surface area (Å²) in [7, 11) is 0. The average molecular weight is 236 g/mol. The van der Waals surface area contributed by atoms with Gasteiger partial charge in [0.25, 0.3) is 0 Å². The van der Waals surface area contributed by atoms with Gasteiger partial charge in [0.2, 0.25) is 5.91 Å². The van der Waals surface area contributed by atoms with E-state index in [9.17, 15) is 4.79 Å². The van der Waals surface area contributed by atoms with Crippen LogP contribution in [0, 0.1) is 0 Å². The van der Waals surface area contributed by atoms with E-state index in [1.165, 1.54) is 5.56 Å². The summed E-state index contributed by atoms with van der Waals surface area (Å²) in [5.74, 6) is 0.346. The van der Waals surface area contributed by atoms with Gasteiger partial charge in [0, 0.05) is 12.2 Å². The molecule has 0 atom stereocenters. The highest BCUT2D eigenvalue weighted by Gasteiger charge is 2.03. The molecule has 3 N–H and O–H groups in total. The van der Waals surface area contributed by atoms with Gasteiger partial charge in [0.15, 0.2) is 0 Å². The van der Waals surface area contributed by atoms with Crippen LogP contribution in [0.25, 0.3) is 0 Å². The first-order valence-corrected chi connectivity index (χ1v) is 5.85. The van der Waals surface area contributed by atoms with Crippen LogP contribution in [0.2, 0.25) is 0 Å². The second kappa shape index (κ2) is 7.04. The van der Waals surface area contributed by atoms with Crippen molar-refractivity contribution in [3.8, 4) is 0 Å². The maximum atomic E-state index is 11.5. The molecular formula is C13H20N2O2. The molecule has 0 unspecified atom stereocenters. The lowest BCUT2D eigenvalue weighted by molar-refractivity contribution is -0.115. The van der Waals surface area contributed by atoms with Crippen LogP contribution in [0.5, 0.6) is 0 Å². The van der Waals surface area contributed by atoms with Crippen LogP contribution in [0.3, 0.4) is 0 Å². The Morgan fingerprint density at radius 2 is 2.18 bits per heavy atom. The topological polar surface area (TPSA) is 61.4 Å². The standard InChI is InChI=1S/C13H20N2O2/c1-10(2)11-4-3-5-12(8-11)15-13(17)9-14-6-7-16/h3-5,8,10,14,16H,6-7,9H2,1-2H3,(H,15,17). The number of hydrogen-bond acceptors (Lipinski definition) is 3. The summed E-state index contributed by atoms with van der Waals surface area (Å²) < 4.78 is 0. The third-order valence-electron chi connectivity index (χ3n) is 2.41. The molecule has 0 fully saturated rings. The molecule has 0 aliphatic carbocycles. The number of nitrogens with one attached hydrogen (secondary N) is 2. The smallest absolute Gasteiger partial charge is 0.238 e. The van der Waals surface area contributed by atoms with E-state index < -0.39 is 0 Å². The molecule has 0 saturated heterocycles. The van der Waals surface area contributed by atoms with Crippen molar-refractivity contribution in [1.29, 1.82) is 0 Å². The van der Waals surface area contributed by atoms with Crippen molar-refractivity contribution < 1.29 is 9.90 Å². The zero-order chi connectivity index (χ0) is 12.7. The summed E-state index contributed by atoms with van der Waals surface area (Å²) >= 11 is 0. The minimum absolute atomic E-state index is 0.0378. The van der Waals surface area contributed by atoms with Gasteiger partial charge in [0.1, 0.15) is 0 Å². The number of amides is 1. The fraction of sp³-hybridized carbons (Fsp3) is 0.462. The third-order valence-corrected chi connectivity index (χ3v) is 2.41. The summed E-state index contributed by atoms with van der Waals surface area (Å²) in [6, 6.07) is 7.83. The highest BCUT2D eigenvalue weighted by molar-refractivity contribution is 5.92. The predicted octanol–water partition coefficient (Wildman–Crippen LogP) is 1.33. The number of hydrogen-bond donors (Lipinski definition) is 3. The summed E-state index contributed by atoms with van der Waals surface area (Å²) in [6.45, 7) is 4.91. The molecule has 0 aromatic heterocycles. The summed E-state index contributed by atoms with van der Waals surface area (Å²) in [4.78, 5) is 11.5. The minimum Gasteiger partial charge on any atom is -0.395 e. The quantitative estimate of drug-likeness (QED) is 0.653. The van der Waals surface area contributed by atoms with Crippen molar-refractivity contribution in [2.45, 2.75) is 19.8 Å². The number of aliphatic hydroxyl groups is 1. The van der Waals surface area contributed by atoms with E-state index in [-0.39, 0.29) is 19.1 Å². The molecule has 0 saturated carbocycles. The van der Waals surface area contributed by atoms with Crippen LogP contribution < -0.4 is 10.6 Å². The normalized spacial score (nSPS) is 10.6. The SMILES string of the molecule is CC(C)c1cccc(NC(=O)CNCCO)c1. The number of anilines is 1. The second-order valence-corrected chi connectivity index (χ2v) is 4.23. The molecule has 0 aliphatic heterocycles. The molecule has 94 valence electrons. The van der Waals surface area contributed by atoms with Crippen molar-refractivity contribution >= 4 is 11.6 Å². The first kappa shape index (κ1) is 13.7. The molecule has 4 nitrogen and oxygen atoms in total. The van der Waals surface area contributed by atoms with Crippen molar-refractivity contribution in [2.75, 3.05) is 25.0 Å². The van der Waals surface area contributed by atoms with E-state index in [0.29, 0.717) is 12.5 Å². The van der Waals surface area contributed by atoms with Gasteiger partial charge in [-0.1, -0.05) is 26.0 Å². The molecule has 0 spiro atoms. The van der Waals surface area contributed by atoms with Crippen molar-refractivity contribution in [1.82, 2.24) is 5.32 Å². The molecule has 0 radical (unpaired) electrons. The van der Waals surface area contributed by atoms with Gasteiger partial charge in [-0.15, -0.1) is 0 Å². The zero-order valence-corrected chi connectivity index (χ0v) is 10.4. The van der Waals surface area contributed by atoms with E-state index in [0.717, 1.165) is 5.69 Å². The molecule has 1 amide bonds. The molecular weight excluding hydrogens is 216 g/mol. The molecule has 0 aliphatic rings. The van der Waals surface area contributed by atoms with Gasteiger partial charge < -0.3 is 15.7 Å². The number of aliphatic hydroxyl groups excluding tert-OH is 1. The summed E-state index contributed by atoms with van der Waals surface area (Å²) in [5.41, 5.74) is 2.01. The number of rotatable bonds is 6. The van der Waals surface area contributed by atoms with E-state index in [1.54, 1.807) is 0 Å². The molecule has 1 rings (SSSR count). The van der Waals surface area contributed by atoms with Gasteiger partial charge in [0.05, 0.1) is 13.2 Å². The van der Waals surface area contributed by atoms with Gasteiger partial charge in [-0.2, -0.15) is 0 Å². The molecule has 0 heterocycles. The Morgan fingerprint density at radius 3 is 2.82 bits per heavy atom. The molecule has 1 aromatic carbocycles. The van der Waals surface area contributed by atoms with Crippen molar-refractivity contribution in [3.63, 3.8) is 0 Å². The minimum atomic E-state index is -0.0978. The molecule has 4 heteroatoms. The summed E-state index contributed by atoms with van der Waals surface area (Å²) in [5, 5.41) is 14.2. The lowest BCUT2D eigenvalue weighted by Gasteiger charge is -2.09. The Morgan fingerprint density at radius 1 is 1.41 bits per heavy atom. The van der Waals surface area contributed by atoms with E-state index in [2.05, 4.69) is 24.5 Å². The van der Waals surface area contributed by atoms with Crippen LogP contribution in [0.15, 0.2) is 24.3 Å². The van der Waals surface area contributed by atoms with Crippen LogP contribution in [0.1, 0.15) is 25.3 Å². The van der Waals surface area contributed by atoms with Gasteiger partial charge in [-0.25, -0.2) is 0 Å². The fourth-order valence-electron chi connectivity index (χ4n) is 1.46. The number of benzene rings is 1. The van der Waals surface area contributed by atoms with Crippen LogP contribution in [-0.2, 0) is 4.79 Å². The highest BCUT2D eigenvalue weighted by Crippen LogP contribution is 2.18. The highest BCUT2D eigenvalue weighted by atomic mass is 16.3. The molecule has 1 aromatic rings. The van der Waals surface area contributed by atoms with Crippen LogP contribution in [0.4, 0.5) is 5.69 Å². The maximum Gasteiger partial charge on any atom is 0.238 e. The Hall–Kier alpha value is -1.39. The summed E-state index contributed by atoms with van der Waals surface area (Å²) in [6.07, 6.45) is 0. The molecule has 0 bridgehead atoms. The van der Waals surface area contributed by atoms with Crippen LogP contribution in [-0.4, -0.2) is 30.7 Å². The lowest BCUT2D eigenvalue weighted by atomic mass is 10.0. The Kier molecular flexibility index (Phi) is 5.66. The Balaban J connectivity index is 2.50. The van der Waals surface area contributed by atoms with E-state index in [1.807, 2.05) is 24.3 Å². The number of carbonyl (C=O) groups is 1. The van der Waals surface area contributed by atoms with E-state index in [4.69, 9.17) is 5.11 Å². The molecule has 17 heavy (non-hydrogen) atoms. The third kappa shape index (κ3) is 4.97. The first-order chi connectivity index (χ1) is 8.13. The zero-order valence-electron chi connectivity index (χ0n) is 10.4. The number of carbonyl (C=O) groups excluding carboxylic acids is 1. The second-order valence-electron chi connectivity index (χ2n) is 4.23. The van der Waals surface area contributed by atoms with Crippen molar-refractivity contribution in [2.24, 2.45) is 0 Å². The average Bonchev–Trinajstić information content (AvgIpc) is 2.29. The van der Waals surface area contributed by atoms with Gasteiger partial charge >= 0.3 is 0 Å². The maximum absolute atomic E-state index is 11.5. The van der Waals surface area contributed by atoms with E-state index >= 15 is 0 Å². The van der Waals surface area contributed by atoms with Gasteiger partial charge in [-0.3, -0.25) is 4.79 Å². The Bertz CT molecular complexity index is 364. The largest absolute Gasteiger partial charge is 0.395 e. The Labute approximate surface area is 102 Å². The first-order valence-electron chi connectivity index (χ1n) is 5.85.